The van der Waals surface area contributed by atoms with Crippen molar-refractivity contribution in [2.24, 2.45) is 0 Å². The van der Waals surface area contributed by atoms with E-state index in [0.717, 1.165) is 19.6 Å². The van der Waals surface area contributed by atoms with Crippen molar-refractivity contribution in [1.82, 2.24) is 10.2 Å². The van der Waals surface area contributed by atoms with Crippen molar-refractivity contribution in [3.05, 3.63) is 69.7 Å². The summed E-state index contributed by atoms with van der Waals surface area (Å²) in [5.41, 5.74) is 1.73. The minimum Gasteiger partial charge on any atom is -0.374 e. The summed E-state index contributed by atoms with van der Waals surface area (Å²) in [7, 11) is 0. The van der Waals surface area contributed by atoms with Crippen molar-refractivity contribution in [1.29, 1.82) is 0 Å². The second-order valence-corrected chi connectivity index (χ2v) is 6.95. The normalized spacial score (nSPS) is 18.1. The van der Waals surface area contributed by atoms with Crippen LogP contribution in [0.15, 0.2) is 48.5 Å². The third kappa shape index (κ3) is 5.44. The van der Waals surface area contributed by atoms with Crippen molar-refractivity contribution >= 4 is 29.1 Å². The molecule has 0 aromatic heterocycles. The number of rotatable bonds is 5. The zero-order chi connectivity index (χ0) is 17.6. The number of hydrogen-bond acceptors (Lipinski definition) is 3. The van der Waals surface area contributed by atoms with Gasteiger partial charge in [-0.2, -0.15) is 0 Å². The highest BCUT2D eigenvalue weighted by atomic mass is 35.5. The van der Waals surface area contributed by atoms with E-state index in [1.807, 2.05) is 18.2 Å². The zero-order valence-electron chi connectivity index (χ0n) is 13.8. The molecule has 1 aliphatic rings. The molecule has 1 amide bonds. The minimum atomic E-state index is -0.201. The molecule has 1 heterocycles. The number of morpholine rings is 1. The van der Waals surface area contributed by atoms with Crippen LogP contribution in [0, 0.1) is 0 Å². The van der Waals surface area contributed by atoms with E-state index >= 15 is 0 Å². The molecule has 0 aliphatic carbocycles. The lowest BCUT2D eigenvalue weighted by Crippen LogP contribution is -2.47. The fourth-order valence-corrected chi connectivity index (χ4v) is 3.41. The Balaban J connectivity index is 1.51. The Morgan fingerprint density at radius 2 is 1.88 bits per heavy atom. The standard InChI is InChI=1S/C19H20Cl2N2O2/c20-16-8-15(9-17(21)10-16)19(24)22-11-18-13-23(6-7-25-18)12-14-4-2-1-3-5-14/h1-5,8-10,18H,6-7,11-13H2,(H,22,24)/t18-/m1/s1. The van der Waals surface area contributed by atoms with E-state index in [9.17, 15) is 4.79 Å². The molecule has 1 atom stereocenters. The first-order valence-electron chi connectivity index (χ1n) is 8.22. The summed E-state index contributed by atoms with van der Waals surface area (Å²) in [6.07, 6.45) is -0.0314. The van der Waals surface area contributed by atoms with E-state index in [4.69, 9.17) is 27.9 Å². The van der Waals surface area contributed by atoms with E-state index < -0.39 is 0 Å². The van der Waals surface area contributed by atoms with Gasteiger partial charge in [-0.25, -0.2) is 0 Å². The van der Waals surface area contributed by atoms with Gasteiger partial charge in [-0.15, -0.1) is 0 Å². The summed E-state index contributed by atoms with van der Waals surface area (Å²) in [5.74, 6) is -0.201. The highest BCUT2D eigenvalue weighted by Gasteiger charge is 2.21. The number of benzene rings is 2. The van der Waals surface area contributed by atoms with Gasteiger partial charge in [0.05, 0.1) is 12.7 Å². The summed E-state index contributed by atoms with van der Waals surface area (Å²) in [6.45, 7) is 3.68. The second-order valence-electron chi connectivity index (χ2n) is 6.08. The van der Waals surface area contributed by atoms with Crippen molar-refractivity contribution in [3.8, 4) is 0 Å². The third-order valence-corrected chi connectivity index (χ3v) is 4.52. The van der Waals surface area contributed by atoms with Crippen LogP contribution in [0.1, 0.15) is 15.9 Å². The molecule has 3 rings (SSSR count). The number of halogens is 2. The minimum absolute atomic E-state index is 0.0314. The fourth-order valence-electron chi connectivity index (χ4n) is 2.88. The van der Waals surface area contributed by atoms with Gasteiger partial charge in [0.15, 0.2) is 0 Å². The van der Waals surface area contributed by atoms with Gasteiger partial charge in [-0.1, -0.05) is 53.5 Å². The fraction of sp³-hybridized carbons (Fsp3) is 0.316. The average Bonchev–Trinajstić information content (AvgIpc) is 2.60. The molecule has 6 heteroatoms. The van der Waals surface area contributed by atoms with E-state index in [0.29, 0.717) is 28.8 Å². The Morgan fingerprint density at radius 1 is 1.16 bits per heavy atom. The topological polar surface area (TPSA) is 41.6 Å². The lowest BCUT2D eigenvalue weighted by molar-refractivity contribution is -0.0292. The maximum atomic E-state index is 12.3. The summed E-state index contributed by atoms with van der Waals surface area (Å²) in [4.78, 5) is 14.6. The van der Waals surface area contributed by atoms with Gasteiger partial charge in [0.25, 0.3) is 5.91 Å². The molecule has 132 valence electrons. The van der Waals surface area contributed by atoms with Gasteiger partial charge in [-0.05, 0) is 23.8 Å². The van der Waals surface area contributed by atoms with Crippen molar-refractivity contribution in [2.45, 2.75) is 12.6 Å². The number of ether oxygens (including phenoxy) is 1. The first-order valence-corrected chi connectivity index (χ1v) is 8.98. The lowest BCUT2D eigenvalue weighted by Gasteiger charge is -2.33. The lowest BCUT2D eigenvalue weighted by atomic mass is 10.2. The van der Waals surface area contributed by atoms with Crippen molar-refractivity contribution < 1.29 is 9.53 Å². The van der Waals surface area contributed by atoms with Crippen LogP contribution in [-0.2, 0) is 11.3 Å². The van der Waals surface area contributed by atoms with Crippen LogP contribution in [0.5, 0.6) is 0 Å². The van der Waals surface area contributed by atoms with Crippen LogP contribution in [-0.4, -0.2) is 43.2 Å². The molecular weight excluding hydrogens is 359 g/mol. The summed E-state index contributed by atoms with van der Waals surface area (Å²) < 4.78 is 5.77. The molecule has 0 bridgehead atoms. The summed E-state index contributed by atoms with van der Waals surface area (Å²) in [6, 6.07) is 15.2. The van der Waals surface area contributed by atoms with Gasteiger partial charge >= 0.3 is 0 Å². The molecule has 0 unspecified atom stereocenters. The molecule has 4 nitrogen and oxygen atoms in total. The molecule has 1 aliphatic heterocycles. The molecule has 0 saturated carbocycles. The first-order chi connectivity index (χ1) is 12.1. The van der Waals surface area contributed by atoms with E-state index in [-0.39, 0.29) is 12.0 Å². The van der Waals surface area contributed by atoms with E-state index in [2.05, 4.69) is 22.3 Å². The molecule has 0 radical (unpaired) electrons. The number of nitrogens with zero attached hydrogens (tertiary/aromatic N) is 1. The highest BCUT2D eigenvalue weighted by Crippen LogP contribution is 2.19. The molecule has 1 fully saturated rings. The molecule has 2 aromatic carbocycles. The molecule has 1 saturated heterocycles. The predicted molar refractivity (Wildman–Crippen MR) is 100 cm³/mol. The van der Waals surface area contributed by atoms with Crippen LogP contribution in [0.3, 0.4) is 0 Å². The van der Waals surface area contributed by atoms with Gasteiger partial charge in [0.2, 0.25) is 0 Å². The van der Waals surface area contributed by atoms with Crippen molar-refractivity contribution in [3.63, 3.8) is 0 Å². The Hall–Kier alpha value is -1.59. The average molecular weight is 379 g/mol. The predicted octanol–water partition coefficient (Wildman–Crippen LogP) is 3.62. The maximum absolute atomic E-state index is 12.3. The molecule has 0 spiro atoms. The zero-order valence-corrected chi connectivity index (χ0v) is 15.3. The van der Waals surface area contributed by atoms with Crippen LogP contribution in [0.25, 0.3) is 0 Å². The van der Waals surface area contributed by atoms with E-state index in [1.54, 1.807) is 18.2 Å². The Kier molecular flexibility index (Phi) is 6.32. The van der Waals surface area contributed by atoms with Crippen LogP contribution in [0.2, 0.25) is 10.0 Å². The summed E-state index contributed by atoms with van der Waals surface area (Å²) >= 11 is 11.9. The van der Waals surface area contributed by atoms with Crippen molar-refractivity contribution in [2.75, 3.05) is 26.2 Å². The SMILES string of the molecule is O=C(NC[C@@H]1CN(Cc2ccccc2)CCO1)c1cc(Cl)cc(Cl)c1. The van der Waals surface area contributed by atoms with Gasteiger partial charge in [-0.3, -0.25) is 9.69 Å². The quantitative estimate of drug-likeness (QED) is 0.863. The molecule has 2 aromatic rings. The molecule has 1 N–H and O–H groups in total. The second kappa shape index (κ2) is 8.68. The Labute approximate surface area is 157 Å². The molecular formula is C19H20Cl2N2O2. The monoisotopic (exact) mass is 378 g/mol. The number of amides is 1. The summed E-state index contributed by atoms with van der Waals surface area (Å²) in [5, 5.41) is 3.79. The van der Waals surface area contributed by atoms with Gasteiger partial charge in [0, 0.05) is 41.8 Å². The number of carbonyl (C=O) groups is 1. The van der Waals surface area contributed by atoms with Crippen LogP contribution < -0.4 is 5.32 Å². The van der Waals surface area contributed by atoms with Crippen LogP contribution >= 0.6 is 23.2 Å². The van der Waals surface area contributed by atoms with Gasteiger partial charge < -0.3 is 10.1 Å². The first kappa shape index (κ1) is 18.2. The third-order valence-electron chi connectivity index (χ3n) is 4.09. The molecule has 25 heavy (non-hydrogen) atoms. The number of nitrogens with one attached hydrogen (secondary N) is 1. The van der Waals surface area contributed by atoms with E-state index in [1.165, 1.54) is 5.56 Å². The van der Waals surface area contributed by atoms with Crippen LogP contribution in [0.4, 0.5) is 0 Å². The Bertz CT molecular complexity index is 704. The van der Waals surface area contributed by atoms with Gasteiger partial charge in [0.1, 0.15) is 0 Å². The largest absolute Gasteiger partial charge is 0.374 e. The maximum Gasteiger partial charge on any atom is 0.251 e. The number of carbonyl (C=O) groups excluding carboxylic acids is 1. The highest BCUT2D eigenvalue weighted by molar-refractivity contribution is 6.35. The number of hydrogen-bond donors (Lipinski definition) is 1. The Morgan fingerprint density at radius 3 is 2.60 bits per heavy atom. The smallest absolute Gasteiger partial charge is 0.251 e.